The smallest absolute Gasteiger partial charge is 0.330 e. The number of hydrogen-bond donors (Lipinski definition) is 0. The average molecular weight is 285 g/mol. The van der Waals surface area contributed by atoms with Crippen LogP contribution in [0.15, 0.2) is 0 Å². The maximum Gasteiger partial charge on any atom is 0.330 e. The van der Waals surface area contributed by atoms with Crippen LogP contribution in [0.25, 0.3) is 0 Å². The zero-order valence-corrected chi connectivity index (χ0v) is 13.6. The third-order valence-corrected chi connectivity index (χ3v) is 3.59. The van der Waals surface area contributed by atoms with E-state index in [1.54, 1.807) is 5.06 Å². The number of hydrogen-bond acceptors (Lipinski definition) is 5. The standard InChI is InChI=1S/C15H27NO4/c1-13(2,3)12(18)20-16-14(4,5)8-11(19-10-17)9-15(16,6)7/h10-11H,8-9H2,1-7H3. The van der Waals surface area contributed by atoms with Gasteiger partial charge in [-0.25, -0.2) is 4.79 Å². The lowest BCUT2D eigenvalue weighted by Crippen LogP contribution is -2.62. The van der Waals surface area contributed by atoms with Gasteiger partial charge in [-0.15, -0.1) is 5.06 Å². The number of rotatable bonds is 3. The van der Waals surface area contributed by atoms with E-state index in [1.807, 2.05) is 48.5 Å². The quantitative estimate of drug-likeness (QED) is 0.746. The Labute approximate surface area is 121 Å². The highest BCUT2D eigenvalue weighted by molar-refractivity contribution is 5.75. The first kappa shape index (κ1) is 17.0. The van der Waals surface area contributed by atoms with Gasteiger partial charge in [-0.2, -0.15) is 0 Å². The molecule has 0 saturated carbocycles. The Morgan fingerprint density at radius 1 is 1.15 bits per heavy atom. The second-order valence-electron chi connectivity index (χ2n) is 7.81. The van der Waals surface area contributed by atoms with Crippen LogP contribution in [-0.4, -0.2) is 34.7 Å². The van der Waals surface area contributed by atoms with Crippen LogP contribution in [0.5, 0.6) is 0 Å². The third kappa shape index (κ3) is 3.72. The minimum Gasteiger partial charge on any atom is -0.464 e. The van der Waals surface area contributed by atoms with Crippen molar-refractivity contribution in [2.45, 2.75) is 78.5 Å². The van der Waals surface area contributed by atoms with E-state index in [0.29, 0.717) is 19.3 Å². The maximum absolute atomic E-state index is 12.2. The normalized spacial score (nSPS) is 23.1. The number of hydroxylamine groups is 2. The lowest BCUT2D eigenvalue weighted by atomic mass is 9.80. The molecule has 0 bridgehead atoms. The van der Waals surface area contributed by atoms with Gasteiger partial charge >= 0.3 is 5.97 Å². The van der Waals surface area contributed by atoms with Crippen molar-refractivity contribution in [3.8, 4) is 0 Å². The molecule has 0 spiro atoms. The zero-order valence-electron chi connectivity index (χ0n) is 13.6. The van der Waals surface area contributed by atoms with Crippen molar-refractivity contribution in [1.29, 1.82) is 0 Å². The van der Waals surface area contributed by atoms with Crippen molar-refractivity contribution in [1.82, 2.24) is 5.06 Å². The minimum absolute atomic E-state index is 0.151. The topological polar surface area (TPSA) is 55.8 Å². The summed E-state index contributed by atoms with van der Waals surface area (Å²) in [5.41, 5.74) is -1.34. The average Bonchev–Trinajstić information content (AvgIpc) is 2.20. The molecule has 0 amide bonds. The first-order valence-corrected chi connectivity index (χ1v) is 7.02. The predicted molar refractivity (Wildman–Crippen MR) is 75.7 cm³/mol. The van der Waals surface area contributed by atoms with Crippen LogP contribution in [0, 0.1) is 5.41 Å². The first-order chi connectivity index (χ1) is 8.90. The van der Waals surface area contributed by atoms with Gasteiger partial charge in [0.15, 0.2) is 0 Å². The molecule has 0 aromatic carbocycles. The lowest BCUT2D eigenvalue weighted by molar-refractivity contribution is -0.281. The number of ether oxygens (including phenoxy) is 1. The van der Waals surface area contributed by atoms with Crippen LogP contribution < -0.4 is 0 Å². The Kier molecular flexibility index (Phi) is 4.54. The summed E-state index contributed by atoms with van der Waals surface area (Å²) in [6, 6.07) is 0. The Bertz CT molecular complexity index is 364. The van der Waals surface area contributed by atoms with Crippen LogP contribution in [0.2, 0.25) is 0 Å². The van der Waals surface area contributed by atoms with E-state index in [9.17, 15) is 9.59 Å². The molecule has 0 unspecified atom stereocenters. The molecule has 20 heavy (non-hydrogen) atoms. The molecule has 0 aromatic heterocycles. The van der Waals surface area contributed by atoms with E-state index in [4.69, 9.17) is 9.57 Å². The van der Waals surface area contributed by atoms with Crippen LogP contribution in [0.3, 0.4) is 0 Å². The predicted octanol–water partition coefficient (Wildman–Crippen LogP) is 2.69. The second-order valence-corrected chi connectivity index (χ2v) is 7.81. The molecule has 0 aromatic rings. The molecule has 1 aliphatic rings. The van der Waals surface area contributed by atoms with Crippen LogP contribution in [-0.2, 0) is 19.2 Å². The highest BCUT2D eigenvalue weighted by atomic mass is 16.7. The molecule has 1 aliphatic heterocycles. The number of nitrogens with zero attached hydrogens (tertiary/aromatic N) is 1. The minimum atomic E-state index is -0.553. The van der Waals surface area contributed by atoms with Gasteiger partial charge in [0.25, 0.3) is 6.47 Å². The van der Waals surface area contributed by atoms with Crippen molar-refractivity contribution in [2.24, 2.45) is 5.41 Å². The van der Waals surface area contributed by atoms with Gasteiger partial charge in [0.1, 0.15) is 6.10 Å². The van der Waals surface area contributed by atoms with Gasteiger partial charge in [0.05, 0.1) is 16.5 Å². The summed E-state index contributed by atoms with van der Waals surface area (Å²) in [6.45, 7) is 14.0. The highest BCUT2D eigenvalue weighted by Crippen LogP contribution is 2.40. The molecular weight excluding hydrogens is 258 g/mol. The van der Waals surface area contributed by atoms with Gasteiger partial charge in [-0.3, -0.25) is 4.79 Å². The van der Waals surface area contributed by atoms with E-state index in [-0.39, 0.29) is 12.1 Å². The number of piperidine rings is 1. The second kappa shape index (κ2) is 5.35. The summed E-state index contributed by atoms with van der Waals surface area (Å²) in [7, 11) is 0. The molecule has 1 heterocycles. The molecule has 1 fully saturated rings. The Morgan fingerprint density at radius 3 is 1.95 bits per heavy atom. The van der Waals surface area contributed by atoms with Gasteiger partial charge in [0.2, 0.25) is 0 Å². The largest absolute Gasteiger partial charge is 0.464 e. The Morgan fingerprint density at radius 2 is 1.60 bits per heavy atom. The fourth-order valence-corrected chi connectivity index (χ4v) is 2.81. The molecule has 5 heteroatoms. The highest BCUT2D eigenvalue weighted by Gasteiger charge is 2.49. The van der Waals surface area contributed by atoms with Crippen LogP contribution in [0.1, 0.15) is 61.3 Å². The molecule has 0 radical (unpaired) electrons. The Hall–Kier alpha value is -1.10. The molecule has 0 N–H and O–H groups in total. The SMILES string of the molecule is CC(C)(C)C(=O)ON1C(C)(C)CC(OC=O)CC1(C)C. The fourth-order valence-electron chi connectivity index (χ4n) is 2.81. The number of carbonyl (C=O) groups is 2. The molecule has 0 atom stereocenters. The summed E-state index contributed by atoms with van der Waals surface area (Å²) >= 11 is 0. The summed E-state index contributed by atoms with van der Waals surface area (Å²) < 4.78 is 5.13. The van der Waals surface area contributed by atoms with E-state index >= 15 is 0 Å². The lowest BCUT2D eigenvalue weighted by Gasteiger charge is -2.52. The van der Waals surface area contributed by atoms with E-state index in [0.717, 1.165) is 0 Å². The van der Waals surface area contributed by atoms with Crippen LogP contribution >= 0.6 is 0 Å². The van der Waals surface area contributed by atoms with E-state index < -0.39 is 16.5 Å². The fraction of sp³-hybridized carbons (Fsp3) is 0.867. The summed E-state index contributed by atoms with van der Waals surface area (Å²) in [5.74, 6) is -0.256. The van der Waals surface area contributed by atoms with Gasteiger partial charge in [-0.1, -0.05) is 0 Å². The van der Waals surface area contributed by atoms with Crippen molar-refractivity contribution in [3.05, 3.63) is 0 Å². The molecular formula is C15H27NO4. The van der Waals surface area contributed by atoms with E-state index in [1.165, 1.54) is 0 Å². The van der Waals surface area contributed by atoms with Gasteiger partial charge in [-0.05, 0) is 48.5 Å². The monoisotopic (exact) mass is 285 g/mol. The molecule has 116 valence electrons. The molecule has 1 rings (SSSR count). The summed E-state index contributed by atoms with van der Waals surface area (Å²) in [5, 5.41) is 1.76. The first-order valence-electron chi connectivity index (χ1n) is 7.02. The molecule has 1 saturated heterocycles. The molecule has 0 aliphatic carbocycles. The Balaban J connectivity index is 2.94. The van der Waals surface area contributed by atoms with Crippen molar-refractivity contribution < 1.29 is 19.2 Å². The van der Waals surface area contributed by atoms with Gasteiger partial charge < -0.3 is 9.57 Å². The summed E-state index contributed by atoms with van der Waals surface area (Å²) in [4.78, 5) is 28.4. The maximum atomic E-state index is 12.2. The van der Waals surface area contributed by atoms with E-state index in [2.05, 4.69) is 0 Å². The molecule has 5 nitrogen and oxygen atoms in total. The number of carbonyl (C=O) groups excluding carboxylic acids is 2. The third-order valence-electron chi connectivity index (χ3n) is 3.59. The van der Waals surface area contributed by atoms with Crippen molar-refractivity contribution in [3.63, 3.8) is 0 Å². The zero-order chi connectivity index (χ0) is 15.8. The van der Waals surface area contributed by atoms with Crippen LogP contribution in [0.4, 0.5) is 0 Å². The van der Waals surface area contributed by atoms with Crippen molar-refractivity contribution >= 4 is 12.4 Å². The van der Waals surface area contributed by atoms with Crippen molar-refractivity contribution in [2.75, 3.05) is 0 Å². The summed E-state index contributed by atoms with van der Waals surface area (Å²) in [6.07, 6.45) is 1.11. The van der Waals surface area contributed by atoms with Gasteiger partial charge in [0, 0.05) is 12.8 Å².